The Balaban J connectivity index is 2.11. The Hall–Kier alpha value is -2.40. The van der Waals surface area contributed by atoms with Crippen LogP contribution in [0.5, 0.6) is 0 Å². The van der Waals surface area contributed by atoms with E-state index < -0.39 is 5.91 Å². The second-order valence-electron chi connectivity index (χ2n) is 5.13. The second kappa shape index (κ2) is 7.04. The van der Waals surface area contributed by atoms with Crippen molar-refractivity contribution in [1.29, 1.82) is 0 Å². The highest BCUT2D eigenvalue weighted by atomic mass is 16.5. The Morgan fingerprint density at radius 3 is 2.68 bits per heavy atom. The maximum absolute atomic E-state index is 12.2. The molecule has 116 valence electrons. The minimum atomic E-state index is -0.392. The van der Waals surface area contributed by atoms with Crippen LogP contribution < -0.4 is 10.9 Å². The highest BCUT2D eigenvalue weighted by Gasteiger charge is 2.16. The zero-order valence-electron chi connectivity index (χ0n) is 13.0. The van der Waals surface area contributed by atoms with Gasteiger partial charge in [0.05, 0.1) is 6.10 Å². The lowest BCUT2D eigenvalue weighted by atomic mass is 10.0. The van der Waals surface area contributed by atoms with Crippen LogP contribution in [0.4, 0.5) is 0 Å². The summed E-state index contributed by atoms with van der Waals surface area (Å²) in [6, 6.07) is 11.0. The summed E-state index contributed by atoms with van der Waals surface area (Å²) in [6.07, 6.45) is 1.36. The number of ether oxygens (including phenoxy) is 1. The summed E-state index contributed by atoms with van der Waals surface area (Å²) in [5.74, 6) is -0.392. The van der Waals surface area contributed by atoms with Crippen LogP contribution in [-0.4, -0.2) is 24.1 Å². The number of amides is 1. The van der Waals surface area contributed by atoms with Crippen molar-refractivity contribution in [2.75, 3.05) is 13.7 Å². The average Bonchev–Trinajstić information content (AvgIpc) is 2.52. The van der Waals surface area contributed by atoms with Crippen molar-refractivity contribution in [2.24, 2.45) is 7.05 Å². The van der Waals surface area contributed by atoms with Crippen LogP contribution in [0.15, 0.2) is 47.4 Å². The molecule has 0 aliphatic rings. The third-order valence-electron chi connectivity index (χ3n) is 3.64. The molecule has 0 radical (unpaired) electrons. The van der Waals surface area contributed by atoms with Gasteiger partial charge in [-0.1, -0.05) is 24.3 Å². The van der Waals surface area contributed by atoms with Crippen molar-refractivity contribution in [3.8, 4) is 0 Å². The fourth-order valence-electron chi connectivity index (χ4n) is 2.32. The standard InChI is InChI=1S/C17H20N2O3/c1-12-7-4-5-8-13(12)15(22-3)11-18-16(20)14-9-6-10-19(2)17(14)21/h4-10,15H,11H2,1-3H3,(H,18,20)/t15-/m0/s1. The fourth-order valence-corrected chi connectivity index (χ4v) is 2.32. The summed E-state index contributed by atoms with van der Waals surface area (Å²) >= 11 is 0. The molecule has 0 aliphatic heterocycles. The van der Waals surface area contributed by atoms with E-state index in [4.69, 9.17) is 4.74 Å². The first-order chi connectivity index (χ1) is 10.5. The molecule has 1 heterocycles. The van der Waals surface area contributed by atoms with E-state index in [0.717, 1.165) is 11.1 Å². The first-order valence-corrected chi connectivity index (χ1v) is 7.06. The SMILES string of the molecule is CO[C@@H](CNC(=O)c1cccn(C)c1=O)c1ccccc1C. The highest BCUT2D eigenvalue weighted by molar-refractivity contribution is 5.93. The third-order valence-corrected chi connectivity index (χ3v) is 3.64. The zero-order chi connectivity index (χ0) is 16.1. The summed E-state index contributed by atoms with van der Waals surface area (Å²) in [6.45, 7) is 2.30. The van der Waals surface area contributed by atoms with Crippen molar-refractivity contribution >= 4 is 5.91 Å². The zero-order valence-corrected chi connectivity index (χ0v) is 13.0. The van der Waals surface area contributed by atoms with Crippen LogP contribution >= 0.6 is 0 Å². The molecule has 0 fully saturated rings. The van der Waals surface area contributed by atoms with E-state index >= 15 is 0 Å². The molecule has 0 saturated heterocycles. The van der Waals surface area contributed by atoms with Crippen LogP contribution in [0, 0.1) is 6.92 Å². The van der Waals surface area contributed by atoms with Crippen molar-refractivity contribution in [3.05, 3.63) is 69.6 Å². The van der Waals surface area contributed by atoms with Gasteiger partial charge in [-0.15, -0.1) is 0 Å². The van der Waals surface area contributed by atoms with Crippen LogP contribution in [0.1, 0.15) is 27.6 Å². The lowest BCUT2D eigenvalue weighted by Gasteiger charge is -2.18. The molecule has 1 amide bonds. The number of nitrogens with zero attached hydrogens (tertiary/aromatic N) is 1. The van der Waals surface area contributed by atoms with E-state index in [0.29, 0.717) is 6.54 Å². The molecule has 1 N–H and O–H groups in total. The van der Waals surface area contributed by atoms with Gasteiger partial charge in [0.25, 0.3) is 11.5 Å². The Kier molecular flexibility index (Phi) is 5.12. The first-order valence-electron chi connectivity index (χ1n) is 7.06. The lowest BCUT2D eigenvalue weighted by Crippen LogP contribution is -2.34. The molecule has 1 aromatic heterocycles. The van der Waals surface area contributed by atoms with Gasteiger partial charge >= 0.3 is 0 Å². The molecule has 0 aliphatic carbocycles. The smallest absolute Gasteiger partial charge is 0.263 e. The Morgan fingerprint density at radius 2 is 2.00 bits per heavy atom. The van der Waals surface area contributed by atoms with Gasteiger partial charge in [-0.05, 0) is 30.2 Å². The Labute approximate surface area is 129 Å². The maximum atomic E-state index is 12.2. The number of aromatic nitrogens is 1. The summed E-state index contributed by atoms with van der Waals surface area (Å²) in [7, 11) is 3.22. The van der Waals surface area contributed by atoms with Crippen molar-refractivity contribution in [1.82, 2.24) is 9.88 Å². The van der Waals surface area contributed by atoms with E-state index in [-0.39, 0.29) is 17.2 Å². The second-order valence-corrected chi connectivity index (χ2v) is 5.13. The number of aryl methyl sites for hydroxylation is 2. The van der Waals surface area contributed by atoms with E-state index in [1.165, 1.54) is 10.6 Å². The topological polar surface area (TPSA) is 60.3 Å². The molecule has 0 spiro atoms. The van der Waals surface area contributed by atoms with Crippen LogP contribution in [0.2, 0.25) is 0 Å². The molecule has 2 rings (SSSR count). The quantitative estimate of drug-likeness (QED) is 0.916. The summed E-state index contributed by atoms with van der Waals surface area (Å²) in [5.41, 5.74) is 1.93. The number of pyridine rings is 1. The summed E-state index contributed by atoms with van der Waals surface area (Å²) < 4.78 is 6.84. The number of rotatable bonds is 5. The number of benzene rings is 1. The molecule has 0 saturated carbocycles. The lowest BCUT2D eigenvalue weighted by molar-refractivity contribution is 0.0824. The highest BCUT2D eigenvalue weighted by Crippen LogP contribution is 2.19. The van der Waals surface area contributed by atoms with Crippen molar-refractivity contribution < 1.29 is 9.53 Å². The predicted octanol–water partition coefficient (Wildman–Crippen LogP) is 1.81. The minimum absolute atomic E-state index is 0.129. The molecule has 1 atom stereocenters. The van der Waals surface area contributed by atoms with Crippen LogP contribution in [0.25, 0.3) is 0 Å². The molecular weight excluding hydrogens is 280 g/mol. The van der Waals surface area contributed by atoms with E-state index in [1.54, 1.807) is 26.4 Å². The largest absolute Gasteiger partial charge is 0.375 e. The van der Waals surface area contributed by atoms with Gasteiger partial charge in [-0.25, -0.2) is 0 Å². The molecule has 5 nitrogen and oxygen atoms in total. The van der Waals surface area contributed by atoms with Crippen LogP contribution in [-0.2, 0) is 11.8 Å². The van der Waals surface area contributed by atoms with Gasteiger partial charge in [-0.3, -0.25) is 9.59 Å². The van der Waals surface area contributed by atoms with Crippen molar-refractivity contribution in [2.45, 2.75) is 13.0 Å². The van der Waals surface area contributed by atoms with Gasteiger partial charge < -0.3 is 14.6 Å². The van der Waals surface area contributed by atoms with Gasteiger partial charge in [0.1, 0.15) is 5.56 Å². The van der Waals surface area contributed by atoms with Gasteiger partial charge in [0.15, 0.2) is 0 Å². The van der Waals surface area contributed by atoms with Crippen LogP contribution in [0.3, 0.4) is 0 Å². The van der Waals surface area contributed by atoms with E-state index in [1.807, 2.05) is 31.2 Å². The van der Waals surface area contributed by atoms with Gasteiger partial charge in [-0.2, -0.15) is 0 Å². The maximum Gasteiger partial charge on any atom is 0.263 e. The van der Waals surface area contributed by atoms with Crippen molar-refractivity contribution in [3.63, 3.8) is 0 Å². The molecule has 2 aromatic rings. The normalized spacial score (nSPS) is 12.0. The number of carbonyl (C=O) groups is 1. The number of hydrogen-bond donors (Lipinski definition) is 1. The average molecular weight is 300 g/mol. The molecule has 0 bridgehead atoms. The van der Waals surface area contributed by atoms with Gasteiger partial charge in [0, 0.05) is 26.9 Å². The minimum Gasteiger partial charge on any atom is -0.375 e. The third kappa shape index (κ3) is 3.43. The Bertz CT molecular complexity index is 722. The number of hydrogen-bond acceptors (Lipinski definition) is 3. The number of carbonyl (C=O) groups excluding carboxylic acids is 1. The monoisotopic (exact) mass is 300 g/mol. The predicted molar refractivity (Wildman–Crippen MR) is 84.9 cm³/mol. The summed E-state index contributed by atoms with van der Waals surface area (Å²) in [4.78, 5) is 24.1. The van der Waals surface area contributed by atoms with E-state index in [9.17, 15) is 9.59 Å². The molecular formula is C17H20N2O3. The number of nitrogens with one attached hydrogen (secondary N) is 1. The molecule has 5 heteroatoms. The van der Waals surface area contributed by atoms with Gasteiger partial charge in [0.2, 0.25) is 0 Å². The molecule has 22 heavy (non-hydrogen) atoms. The number of methoxy groups -OCH3 is 1. The summed E-state index contributed by atoms with van der Waals surface area (Å²) in [5, 5.41) is 2.77. The fraction of sp³-hybridized carbons (Fsp3) is 0.294. The Morgan fingerprint density at radius 1 is 1.27 bits per heavy atom. The van der Waals surface area contributed by atoms with E-state index in [2.05, 4.69) is 5.32 Å². The first kappa shape index (κ1) is 16.0. The molecule has 0 unspecified atom stereocenters. The molecule has 1 aromatic carbocycles.